The number of nitrogens with zero attached hydrogens (tertiary/aromatic N) is 3. The number of hydrogen-bond acceptors (Lipinski definition) is 2. The zero-order chi connectivity index (χ0) is 13.1. The highest BCUT2D eigenvalue weighted by Crippen LogP contribution is 2.17. The molecule has 0 aliphatic heterocycles. The van der Waals surface area contributed by atoms with Gasteiger partial charge in [0.15, 0.2) is 0 Å². The predicted octanol–water partition coefficient (Wildman–Crippen LogP) is 3.30. The Morgan fingerprint density at radius 1 is 1.53 bits per heavy atom. The van der Waals surface area contributed by atoms with Crippen LogP contribution in [0.2, 0.25) is 0 Å². The Labute approximate surface area is 110 Å². The van der Waals surface area contributed by atoms with Crippen LogP contribution in [0.5, 0.6) is 0 Å². The molecule has 17 heavy (non-hydrogen) atoms. The number of aromatic nitrogens is 2. The van der Waals surface area contributed by atoms with Crippen molar-refractivity contribution in [1.29, 1.82) is 0 Å². The van der Waals surface area contributed by atoms with Crippen LogP contribution in [0.3, 0.4) is 0 Å². The molecular formula is C13H24ClN3. The van der Waals surface area contributed by atoms with Crippen molar-refractivity contribution >= 4 is 11.6 Å². The molecule has 0 amide bonds. The van der Waals surface area contributed by atoms with E-state index in [9.17, 15) is 0 Å². The third-order valence-corrected chi connectivity index (χ3v) is 4.12. The number of hydrogen-bond donors (Lipinski definition) is 0. The van der Waals surface area contributed by atoms with Crippen LogP contribution in [0.1, 0.15) is 45.9 Å². The summed E-state index contributed by atoms with van der Waals surface area (Å²) in [7, 11) is 2.09. The van der Waals surface area contributed by atoms with Gasteiger partial charge in [0, 0.05) is 30.2 Å². The smallest absolute Gasteiger partial charge is 0.0764 e. The van der Waals surface area contributed by atoms with Gasteiger partial charge >= 0.3 is 0 Å². The van der Waals surface area contributed by atoms with Crippen molar-refractivity contribution in [3.05, 3.63) is 18.0 Å². The van der Waals surface area contributed by atoms with Crippen LogP contribution >= 0.6 is 11.6 Å². The van der Waals surface area contributed by atoms with E-state index in [0.29, 0.717) is 11.9 Å². The minimum Gasteiger partial charge on any atom is -0.294 e. The Bertz CT molecular complexity index is 346. The highest BCUT2D eigenvalue weighted by Gasteiger charge is 2.22. The predicted molar refractivity (Wildman–Crippen MR) is 73.5 cm³/mol. The third-order valence-electron chi connectivity index (χ3n) is 3.47. The first-order chi connectivity index (χ1) is 7.90. The second-order valence-electron chi connectivity index (χ2n) is 5.35. The lowest BCUT2D eigenvalue weighted by Crippen LogP contribution is -2.42. The molecular weight excluding hydrogens is 234 g/mol. The summed E-state index contributed by atoms with van der Waals surface area (Å²) in [6, 6.07) is 2.56. The van der Waals surface area contributed by atoms with Crippen molar-refractivity contribution in [3.63, 3.8) is 0 Å². The summed E-state index contributed by atoms with van der Waals surface area (Å²) in [5, 5.41) is 4.60. The molecule has 3 nitrogen and oxygen atoms in total. The van der Waals surface area contributed by atoms with Crippen molar-refractivity contribution in [3.8, 4) is 0 Å². The van der Waals surface area contributed by atoms with Gasteiger partial charge < -0.3 is 0 Å². The van der Waals surface area contributed by atoms with E-state index >= 15 is 0 Å². The fraction of sp³-hybridized carbons (Fsp3) is 0.769. The molecule has 0 aliphatic rings. The quantitative estimate of drug-likeness (QED) is 0.729. The minimum absolute atomic E-state index is 0.00169. The van der Waals surface area contributed by atoms with Gasteiger partial charge in [0.2, 0.25) is 0 Å². The zero-order valence-corrected chi connectivity index (χ0v) is 12.3. The molecule has 0 saturated heterocycles. The van der Waals surface area contributed by atoms with E-state index in [1.807, 2.05) is 4.68 Å². The van der Waals surface area contributed by atoms with E-state index in [1.165, 1.54) is 0 Å². The van der Waals surface area contributed by atoms with E-state index in [4.69, 9.17) is 11.6 Å². The number of rotatable bonds is 6. The monoisotopic (exact) mass is 257 g/mol. The Balaban J connectivity index is 2.66. The van der Waals surface area contributed by atoms with Crippen LogP contribution in [0, 0.1) is 0 Å². The van der Waals surface area contributed by atoms with Crippen molar-refractivity contribution < 1.29 is 0 Å². The van der Waals surface area contributed by atoms with Crippen LogP contribution < -0.4 is 0 Å². The molecule has 0 aromatic carbocycles. The van der Waals surface area contributed by atoms with E-state index in [1.54, 1.807) is 0 Å². The number of alkyl halides is 1. The molecule has 0 aliphatic carbocycles. The lowest BCUT2D eigenvalue weighted by atomic mass is 10.1. The van der Waals surface area contributed by atoms with Gasteiger partial charge in [-0.05, 0) is 40.3 Å². The van der Waals surface area contributed by atoms with Gasteiger partial charge in [0.25, 0.3) is 0 Å². The maximum atomic E-state index is 5.97. The molecule has 0 fully saturated rings. The highest BCUT2D eigenvalue weighted by atomic mass is 35.5. The van der Waals surface area contributed by atoms with E-state index in [-0.39, 0.29) is 5.54 Å². The molecule has 1 aromatic rings. The van der Waals surface area contributed by atoms with E-state index < -0.39 is 0 Å². The highest BCUT2D eigenvalue weighted by molar-refractivity contribution is 6.18. The molecule has 1 aromatic heterocycles. The second-order valence-corrected chi connectivity index (χ2v) is 5.61. The van der Waals surface area contributed by atoms with E-state index in [0.717, 1.165) is 18.7 Å². The Morgan fingerprint density at radius 2 is 2.18 bits per heavy atom. The van der Waals surface area contributed by atoms with E-state index in [2.05, 4.69) is 57.0 Å². The van der Waals surface area contributed by atoms with Gasteiger partial charge in [-0.25, -0.2) is 0 Å². The maximum Gasteiger partial charge on any atom is 0.0764 e. The van der Waals surface area contributed by atoms with Crippen molar-refractivity contribution in [2.45, 2.75) is 52.2 Å². The Hall–Kier alpha value is -0.540. The van der Waals surface area contributed by atoms with Crippen molar-refractivity contribution in [2.75, 3.05) is 12.9 Å². The first kappa shape index (κ1) is 14.5. The van der Waals surface area contributed by atoms with Crippen molar-refractivity contribution in [1.82, 2.24) is 14.7 Å². The molecule has 1 heterocycles. The Morgan fingerprint density at radius 3 is 2.71 bits per heavy atom. The van der Waals surface area contributed by atoms with Crippen LogP contribution in [0.15, 0.2) is 12.3 Å². The summed E-state index contributed by atoms with van der Waals surface area (Å²) >= 11 is 5.97. The number of halogens is 1. The first-order valence-corrected chi connectivity index (χ1v) is 6.75. The molecule has 0 bridgehead atoms. The Kier molecular flexibility index (Phi) is 5.02. The van der Waals surface area contributed by atoms with Crippen LogP contribution in [-0.4, -0.2) is 33.1 Å². The normalized spacial score (nSPS) is 14.3. The summed E-state index contributed by atoms with van der Waals surface area (Å²) in [6.45, 7) is 9.48. The van der Waals surface area contributed by atoms with Gasteiger partial charge in [-0.1, -0.05) is 6.92 Å². The standard InChI is InChI=1S/C13H24ClN3/c1-6-11(2)17-8-7-12(15-17)9-16(5)13(3,4)10-14/h7-8,11H,6,9-10H2,1-5H3. The fourth-order valence-electron chi connectivity index (χ4n) is 1.45. The van der Waals surface area contributed by atoms with Crippen LogP contribution in [-0.2, 0) is 6.54 Å². The van der Waals surface area contributed by atoms with Crippen LogP contribution in [0.4, 0.5) is 0 Å². The van der Waals surface area contributed by atoms with Gasteiger partial charge in [-0.3, -0.25) is 9.58 Å². The lowest BCUT2D eigenvalue weighted by Gasteiger charge is -2.33. The molecule has 1 unspecified atom stereocenters. The summed E-state index contributed by atoms with van der Waals surface area (Å²) in [5.74, 6) is 0.621. The molecule has 0 saturated carbocycles. The van der Waals surface area contributed by atoms with Crippen LogP contribution in [0.25, 0.3) is 0 Å². The summed E-state index contributed by atoms with van der Waals surface area (Å²) in [5.41, 5.74) is 1.10. The molecule has 0 radical (unpaired) electrons. The third kappa shape index (κ3) is 3.71. The fourth-order valence-corrected chi connectivity index (χ4v) is 1.66. The molecule has 4 heteroatoms. The molecule has 0 spiro atoms. The summed E-state index contributed by atoms with van der Waals surface area (Å²) in [6.07, 6.45) is 3.16. The lowest BCUT2D eigenvalue weighted by molar-refractivity contribution is 0.168. The summed E-state index contributed by atoms with van der Waals surface area (Å²) < 4.78 is 2.04. The first-order valence-electron chi connectivity index (χ1n) is 6.22. The average Bonchev–Trinajstić information content (AvgIpc) is 2.76. The second kappa shape index (κ2) is 5.87. The van der Waals surface area contributed by atoms with Gasteiger partial charge in [-0.2, -0.15) is 5.10 Å². The molecule has 1 atom stereocenters. The van der Waals surface area contributed by atoms with Gasteiger partial charge in [-0.15, -0.1) is 11.6 Å². The zero-order valence-electron chi connectivity index (χ0n) is 11.6. The average molecular weight is 258 g/mol. The molecule has 1 rings (SSSR count). The topological polar surface area (TPSA) is 21.1 Å². The van der Waals surface area contributed by atoms with Crippen molar-refractivity contribution in [2.24, 2.45) is 0 Å². The SMILES string of the molecule is CCC(C)n1ccc(CN(C)C(C)(C)CCl)n1. The minimum atomic E-state index is 0.00169. The molecule has 98 valence electrons. The van der Waals surface area contributed by atoms with Gasteiger partial charge in [0.1, 0.15) is 0 Å². The maximum absolute atomic E-state index is 5.97. The largest absolute Gasteiger partial charge is 0.294 e. The van der Waals surface area contributed by atoms with Gasteiger partial charge in [0.05, 0.1) is 5.69 Å². The molecule has 0 N–H and O–H groups in total. The summed E-state index contributed by atoms with van der Waals surface area (Å²) in [4.78, 5) is 2.24.